The summed E-state index contributed by atoms with van der Waals surface area (Å²) in [6.07, 6.45) is 3.38. The van der Waals surface area contributed by atoms with Crippen LogP contribution in [0.15, 0.2) is 65.0 Å². The van der Waals surface area contributed by atoms with E-state index >= 15 is 0 Å². The summed E-state index contributed by atoms with van der Waals surface area (Å²) in [5.41, 5.74) is 21.3. The number of nitrogen functional groups attached to an aromatic ring is 1. The van der Waals surface area contributed by atoms with Crippen molar-refractivity contribution >= 4 is 45.9 Å². The van der Waals surface area contributed by atoms with Gasteiger partial charge in [-0.1, -0.05) is 18.2 Å². The van der Waals surface area contributed by atoms with Crippen LogP contribution in [0.5, 0.6) is 0 Å². The van der Waals surface area contributed by atoms with Gasteiger partial charge in [-0.25, -0.2) is 4.98 Å². The highest BCUT2D eigenvalue weighted by molar-refractivity contribution is 7.14. The SMILES string of the molecule is CC(C)(N)CN=C/C=C(\N)c1cccc(-c2csc(NC(=O)CNC(=O)c3ccc(N)cc3)n2)c1. The Kier molecular flexibility index (Phi) is 8.34. The first-order chi connectivity index (χ1) is 16.6. The molecule has 0 bridgehead atoms. The zero-order valence-corrected chi connectivity index (χ0v) is 20.4. The van der Waals surface area contributed by atoms with Crippen LogP contribution in [0.3, 0.4) is 0 Å². The number of thiazole rings is 1. The summed E-state index contributed by atoms with van der Waals surface area (Å²) in [5, 5.41) is 7.54. The van der Waals surface area contributed by atoms with Crippen LogP contribution in [0, 0.1) is 0 Å². The number of hydrogen-bond donors (Lipinski definition) is 5. The Hall–Kier alpha value is -4.02. The van der Waals surface area contributed by atoms with Gasteiger partial charge in [-0.15, -0.1) is 11.3 Å². The van der Waals surface area contributed by atoms with E-state index in [1.54, 1.807) is 36.6 Å². The summed E-state index contributed by atoms with van der Waals surface area (Å²) in [6.45, 7) is 4.12. The number of aliphatic imine (C=N–C) groups is 1. The first-order valence-corrected chi connectivity index (χ1v) is 11.7. The highest BCUT2D eigenvalue weighted by atomic mass is 32.1. The molecule has 0 aliphatic rings. The maximum atomic E-state index is 12.3. The summed E-state index contributed by atoms with van der Waals surface area (Å²) in [5.74, 6) is -0.741. The zero-order valence-electron chi connectivity index (χ0n) is 19.6. The topological polar surface area (TPSA) is 162 Å². The fourth-order valence-electron chi connectivity index (χ4n) is 2.90. The molecule has 0 atom stereocenters. The van der Waals surface area contributed by atoms with Crippen molar-refractivity contribution in [3.8, 4) is 11.3 Å². The van der Waals surface area contributed by atoms with Crippen molar-refractivity contribution in [3.63, 3.8) is 0 Å². The number of amides is 2. The molecule has 3 rings (SSSR count). The third-order valence-corrected chi connectivity index (χ3v) is 5.44. The molecule has 0 radical (unpaired) electrons. The number of hydrogen-bond acceptors (Lipinski definition) is 8. The third kappa shape index (κ3) is 8.05. The molecule has 2 amide bonds. The average molecular weight is 492 g/mol. The standard InChI is InChI=1S/C25H29N7O2S/c1-25(2,28)15-29-11-10-20(27)17-4-3-5-18(12-17)21-14-35-24(31-21)32-22(33)13-30-23(34)16-6-8-19(26)9-7-16/h3-12,14H,13,15,26-28H2,1-2H3,(H,30,34)(H,31,32,33)/b20-10-,29-11?. The lowest BCUT2D eigenvalue weighted by molar-refractivity contribution is -0.115. The van der Waals surface area contributed by atoms with Crippen LogP contribution < -0.4 is 27.8 Å². The van der Waals surface area contributed by atoms with Gasteiger partial charge in [0.15, 0.2) is 5.13 Å². The van der Waals surface area contributed by atoms with E-state index in [1.807, 2.05) is 43.5 Å². The highest BCUT2D eigenvalue weighted by Crippen LogP contribution is 2.26. The minimum atomic E-state index is -0.379. The van der Waals surface area contributed by atoms with Crippen LogP contribution >= 0.6 is 11.3 Å². The van der Waals surface area contributed by atoms with E-state index < -0.39 is 0 Å². The Labute approximate surface area is 208 Å². The van der Waals surface area contributed by atoms with E-state index in [9.17, 15) is 9.59 Å². The zero-order chi connectivity index (χ0) is 25.4. The van der Waals surface area contributed by atoms with Crippen LogP contribution in [0.4, 0.5) is 10.8 Å². The van der Waals surface area contributed by atoms with Gasteiger partial charge in [-0.2, -0.15) is 0 Å². The predicted molar refractivity (Wildman–Crippen MR) is 143 cm³/mol. The number of aromatic nitrogens is 1. The van der Waals surface area contributed by atoms with Crippen LogP contribution in [-0.4, -0.2) is 41.6 Å². The van der Waals surface area contributed by atoms with Gasteiger partial charge in [-0.05, 0) is 55.8 Å². The van der Waals surface area contributed by atoms with Gasteiger partial charge in [0.1, 0.15) is 0 Å². The molecule has 182 valence electrons. The molecule has 1 heterocycles. The Morgan fingerprint density at radius 1 is 1.14 bits per heavy atom. The monoisotopic (exact) mass is 491 g/mol. The van der Waals surface area contributed by atoms with Gasteiger partial charge in [-0.3, -0.25) is 14.6 Å². The average Bonchev–Trinajstić information content (AvgIpc) is 3.28. The Balaban J connectivity index is 1.58. The minimum Gasteiger partial charge on any atom is -0.399 e. The Morgan fingerprint density at radius 3 is 2.60 bits per heavy atom. The van der Waals surface area contributed by atoms with Crippen molar-refractivity contribution in [2.75, 3.05) is 24.1 Å². The van der Waals surface area contributed by atoms with Crippen molar-refractivity contribution < 1.29 is 9.59 Å². The fourth-order valence-corrected chi connectivity index (χ4v) is 3.64. The summed E-state index contributed by atoms with van der Waals surface area (Å²) in [4.78, 5) is 33.2. The number of nitrogens with two attached hydrogens (primary N) is 3. The van der Waals surface area contributed by atoms with E-state index in [0.717, 1.165) is 11.1 Å². The number of benzene rings is 2. The molecule has 3 aromatic rings. The molecule has 0 fully saturated rings. The van der Waals surface area contributed by atoms with E-state index in [2.05, 4.69) is 20.6 Å². The van der Waals surface area contributed by atoms with Crippen LogP contribution in [0.2, 0.25) is 0 Å². The Bertz CT molecular complexity index is 1240. The van der Waals surface area contributed by atoms with E-state index in [1.165, 1.54) is 11.3 Å². The smallest absolute Gasteiger partial charge is 0.251 e. The predicted octanol–water partition coefficient (Wildman–Crippen LogP) is 2.87. The molecule has 2 aromatic carbocycles. The van der Waals surface area contributed by atoms with Gasteiger partial charge in [0.25, 0.3) is 5.91 Å². The first kappa shape index (κ1) is 25.6. The summed E-state index contributed by atoms with van der Waals surface area (Å²) in [6, 6.07) is 14.1. The molecule has 0 aliphatic carbocycles. The van der Waals surface area contributed by atoms with Gasteiger partial charge >= 0.3 is 0 Å². The molecule has 0 aliphatic heterocycles. The third-order valence-electron chi connectivity index (χ3n) is 4.68. The fraction of sp³-hybridized carbons (Fsp3) is 0.200. The van der Waals surface area contributed by atoms with Crippen molar-refractivity contribution in [3.05, 3.63) is 71.1 Å². The summed E-state index contributed by atoms with van der Waals surface area (Å²) in [7, 11) is 0. The number of nitrogens with zero attached hydrogens (tertiary/aromatic N) is 2. The number of nitrogens with one attached hydrogen (secondary N) is 2. The number of allylic oxidation sites excluding steroid dienone is 1. The second-order valence-electron chi connectivity index (χ2n) is 8.57. The molecule has 0 spiro atoms. The molecule has 9 nitrogen and oxygen atoms in total. The molecular formula is C25H29N7O2S. The molecule has 1 aromatic heterocycles. The van der Waals surface area contributed by atoms with Crippen molar-refractivity contribution in [1.29, 1.82) is 0 Å². The largest absolute Gasteiger partial charge is 0.399 e. The first-order valence-electron chi connectivity index (χ1n) is 10.8. The number of carbonyl (C=O) groups excluding carboxylic acids is 2. The van der Waals surface area contributed by atoms with Gasteiger partial charge in [0.2, 0.25) is 5.91 Å². The number of anilines is 2. The number of carbonyl (C=O) groups is 2. The minimum absolute atomic E-state index is 0.183. The summed E-state index contributed by atoms with van der Waals surface area (Å²) < 4.78 is 0. The van der Waals surface area contributed by atoms with Crippen molar-refractivity contribution in [2.24, 2.45) is 16.5 Å². The molecule has 0 saturated heterocycles. The summed E-state index contributed by atoms with van der Waals surface area (Å²) >= 11 is 1.29. The number of rotatable bonds is 9. The molecular weight excluding hydrogens is 462 g/mol. The molecule has 0 unspecified atom stereocenters. The van der Waals surface area contributed by atoms with Gasteiger partial charge < -0.3 is 27.8 Å². The van der Waals surface area contributed by atoms with Crippen LogP contribution in [0.1, 0.15) is 29.8 Å². The lowest BCUT2D eigenvalue weighted by atomic mass is 10.1. The van der Waals surface area contributed by atoms with E-state index in [0.29, 0.717) is 34.3 Å². The maximum absolute atomic E-state index is 12.3. The van der Waals surface area contributed by atoms with Crippen molar-refractivity contribution in [1.82, 2.24) is 10.3 Å². The van der Waals surface area contributed by atoms with Gasteiger partial charge in [0, 0.05) is 39.6 Å². The highest BCUT2D eigenvalue weighted by Gasteiger charge is 2.12. The van der Waals surface area contributed by atoms with Crippen LogP contribution in [0.25, 0.3) is 17.0 Å². The molecule has 8 N–H and O–H groups in total. The quantitative estimate of drug-likeness (QED) is 0.228. The second kappa shape index (κ2) is 11.4. The lowest BCUT2D eigenvalue weighted by Crippen LogP contribution is -2.35. The molecule has 35 heavy (non-hydrogen) atoms. The van der Waals surface area contributed by atoms with E-state index in [4.69, 9.17) is 17.2 Å². The normalized spacial score (nSPS) is 12.0. The maximum Gasteiger partial charge on any atom is 0.251 e. The Morgan fingerprint density at radius 2 is 1.89 bits per heavy atom. The van der Waals surface area contributed by atoms with Crippen molar-refractivity contribution in [2.45, 2.75) is 19.4 Å². The lowest BCUT2D eigenvalue weighted by Gasteiger charge is -2.13. The molecule has 10 heteroatoms. The van der Waals surface area contributed by atoms with Gasteiger partial charge in [0.05, 0.1) is 18.8 Å². The van der Waals surface area contributed by atoms with Crippen LogP contribution in [-0.2, 0) is 4.79 Å². The second-order valence-corrected chi connectivity index (χ2v) is 9.43. The molecule has 0 saturated carbocycles. The van der Waals surface area contributed by atoms with E-state index in [-0.39, 0.29) is 23.9 Å².